The van der Waals surface area contributed by atoms with Crippen molar-refractivity contribution in [2.24, 2.45) is 7.05 Å². The predicted octanol–water partition coefficient (Wildman–Crippen LogP) is 3.56. The molecule has 2 heterocycles. The first-order valence-electron chi connectivity index (χ1n) is 7.94. The molecule has 24 heavy (non-hydrogen) atoms. The molecule has 0 aliphatic carbocycles. The van der Waals surface area contributed by atoms with Crippen molar-refractivity contribution >= 4 is 11.0 Å². The lowest BCUT2D eigenvalue weighted by atomic mass is 9.96. The van der Waals surface area contributed by atoms with Crippen LogP contribution in [0.15, 0.2) is 53.1 Å². The molecule has 120 valence electrons. The maximum atomic E-state index is 5.55. The van der Waals surface area contributed by atoms with Gasteiger partial charge in [0.1, 0.15) is 5.52 Å². The monoisotopic (exact) mass is 319 g/mol. The SMILES string of the molecule is CCC(c1ccccc1)c1nc(-c2ccc3nnn(C)c3c2)no1. The Morgan fingerprint density at radius 3 is 2.75 bits per heavy atom. The highest BCUT2D eigenvalue weighted by molar-refractivity contribution is 5.79. The number of hydrogen-bond donors (Lipinski definition) is 0. The molecule has 2 aromatic heterocycles. The van der Waals surface area contributed by atoms with Gasteiger partial charge in [-0.05, 0) is 30.2 Å². The minimum absolute atomic E-state index is 0.106. The second-order valence-electron chi connectivity index (χ2n) is 5.74. The van der Waals surface area contributed by atoms with E-state index in [2.05, 4.69) is 39.5 Å². The van der Waals surface area contributed by atoms with Crippen molar-refractivity contribution in [3.05, 3.63) is 60.0 Å². The molecular formula is C18H17N5O. The largest absolute Gasteiger partial charge is 0.338 e. The van der Waals surface area contributed by atoms with E-state index in [4.69, 9.17) is 4.52 Å². The van der Waals surface area contributed by atoms with Crippen LogP contribution in [0, 0.1) is 0 Å². The lowest BCUT2D eigenvalue weighted by molar-refractivity contribution is 0.363. The van der Waals surface area contributed by atoms with Crippen LogP contribution < -0.4 is 0 Å². The van der Waals surface area contributed by atoms with Gasteiger partial charge in [-0.25, -0.2) is 4.68 Å². The molecule has 0 N–H and O–H groups in total. The van der Waals surface area contributed by atoms with Crippen LogP contribution in [0.5, 0.6) is 0 Å². The molecule has 0 spiro atoms. The third-order valence-corrected chi connectivity index (χ3v) is 4.22. The van der Waals surface area contributed by atoms with Gasteiger partial charge in [-0.2, -0.15) is 4.98 Å². The third-order valence-electron chi connectivity index (χ3n) is 4.22. The van der Waals surface area contributed by atoms with Gasteiger partial charge in [-0.1, -0.05) is 47.6 Å². The van der Waals surface area contributed by atoms with Gasteiger partial charge < -0.3 is 4.52 Å². The van der Waals surface area contributed by atoms with E-state index < -0.39 is 0 Å². The molecule has 0 saturated carbocycles. The lowest BCUT2D eigenvalue weighted by Gasteiger charge is -2.09. The van der Waals surface area contributed by atoms with Gasteiger partial charge >= 0.3 is 0 Å². The summed E-state index contributed by atoms with van der Waals surface area (Å²) in [7, 11) is 1.86. The van der Waals surface area contributed by atoms with Crippen LogP contribution in [0.1, 0.15) is 30.7 Å². The van der Waals surface area contributed by atoms with E-state index in [9.17, 15) is 0 Å². The van der Waals surface area contributed by atoms with Gasteiger partial charge in [-0.3, -0.25) is 0 Å². The minimum Gasteiger partial charge on any atom is -0.338 e. The summed E-state index contributed by atoms with van der Waals surface area (Å²) in [4.78, 5) is 4.62. The fourth-order valence-corrected chi connectivity index (χ4v) is 2.90. The van der Waals surface area contributed by atoms with Crippen molar-refractivity contribution < 1.29 is 4.52 Å². The highest BCUT2D eigenvalue weighted by atomic mass is 16.5. The summed E-state index contributed by atoms with van der Waals surface area (Å²) in [6.45, 7) is 2.12. The lowest BCUT2D eigenvalue weighted by Crippen LogP contribution is -1.99. The van der Waals surface area contributed by atoms with Gasteiger partial charge in [0.15, 0.2) is 0 Å². The molecule has 0 radical (unpaired) electrons. The fourth-order valence-electron chi connectivity index (χ4n) is 2.90. The Labute approximate surface area is 139 Å². The summed E-state index contributed by atoms with van der Waals surface area (Å²) in [5, 5.41) is 12.3. The average Bonchev–Trinajstić information content (AvgIpc) is 3.24. The normalized spacial score (nSPS) is 12.6. The summed E-state index contributed by atoms with van der Waals surface area (Å²) in [5.41, 5.74) is 3.86. The first-order chi connectivity index (χ1) is 11.8. The number of aryl methyl sites for hydroxylation is 1. The zero-order valence-corrected chi connectivity index (χ0v) is 13.5. The summed E-state index contributed by atoms with van der Waals surface area (Å²) < 4.78 is 7.29. The Hall–Kier alpha value is -3.02. The maximum absolute atomic E-state index is 5.55. The zero-order valence-electron chi connectivity index (χ0n) is 13.5. The van der Waals surface area contributed by atoms with E-state index in [0.29, 0.717) is 11.7 Å². The Morgan fingerprint density at radius 2 is 1.96 bits per heavy atom. The standard InChI is InChI=1S/C18H17N5O/c1-3-14(12-7-5-4-6-8-12)18-19-17(21-24-18)13-9-10-15-16(11-13)23(2)22-20-15/h4-11,14H,3H2,1-2H3. The summed E-state index contributed by atoms with van der Waals surface area (Å²) in [5.74, 6) is 1.33. The Morgan fingerprint density at radius 1 is 1.12 bits per heavy atom. The molecule has 4 aromatic rings. The molecule has 0 fully saturated rings. The Bertz CT molecular complexity index is 973. The van der Waals surface area contributed by atoms with Crippen LogP contribution in [-0.4, -0.2) is 25.1 Å². The average molecular weight is 319 g/mol. The number of aromatic nitrogens is 5. The fraction of sp³-hybridized carbons (Fsp3) is 0.222. The van der Waals surface area contributed by atoms with Crippen LogP contribution in [0.2, 0.25) is 0 Å². The van der Waals surface area contributed by atoms with E-state index in [1.54, 1.807) is 4.68 Å². The Kier molecular flexibility index (Phi) is 3.57. The topological polar surface area (TPSA) is 69.6 Å². The van der Waals surface area contributed by atoms with Crippen LogP contribution in [0.4, 0.5) is 0 Å². The highest BCUT2D eigenvalue weighted by Crippen LogP contribution is 2.28. The van der Waals surface area contributed by atoms with Crippen molar-refractivity contribution in [3.63, 3.8) is 0 Å². The van der Waals surface area contributed by atoms with Crippen molar-refractivity contribution in [3.8, 4) is 11.4 Å². The van der Waals surface area contributed by atoms with Gasteiger partial charge in [0.25, 0.3) is 0 Å². The second-order valence-corrected chi connectivity index (χ2v) is 5.74. The van der Waals surface area contributed by atoms with Gasteiger partial charge in [0.2, 0.25) is 11.7 Å². The molecule has 2 aromatic carbocycles. The van der Waals surface area contributed by atoms with Crippen LogP contribution in [0.3, 0.4) is 0 Å². The molecular weight excluding hydrogens is 302 g/mol. The maximum Gasteiger partial charge on any atom is 0.234 e. The molecule has 1 unspecified atom stereocenters. The van der Waals surface area contributed by atoms with E-state index in [1.165, 1.54) is 5.56 Å². The second kappa shape index (κ2) is 5.88. The first kappa shape index (κ1) is 14.6. The molecule has 4 rings (SSSR count). The molecule has 6 heteroatoms. The minimum atomic E-state index is 0.106. The number of hydrogen-bond acceptors (Lipinski definition) is 5. The number of nitrogens with zero attached hydrogens (tertiary/aromatic N) is 5. The number of rotatable bonds is 4. The highest BCUT2D eigenvalue weighted by Gasteiger charge is 2.20. The predicted molar refractivity (Wildman–Crippen MR) is 90.4 cm³/mol. The van der Waals surface area contributed by atoms with Crippen molar-refractivity contribution in [2.75, 3.05) is 0 Å². The van der Waals surface area contributed by atoms with E-state index >= 15 is 0 Å². The van der Waals surface area contributed by atoms with E-state index in [0.717, 1.165) is 23.0 Å². The van der Waals surface area contributed by atoms with Gasteiger partial charge in [0.05, 0.1) is 11.4 Å². The van der Waals surface area contributed by atoms with Crippen molar-refractivity contribution in [1.29, 1.82) is 0 Å². The molecule has 6 nitrogen and oxygen atoms in total. The van der Waals surface area contributed by atoms with Gasteiger partial charge in [0, 0.05) is 12.6 Å². The number of benzene rings is 2. The van der Waals surface area contributed by atoms with Gasteiger partial charge in [-0.15, -0.1) is 5.10 Å². The van der Waals surface area contributed by atoms with Crippen LogP contribution in [0.25, 0.3) is 22.4 Å². The molecule has 0 amide bonds. The van der Waals surface area contributed by atoms with Crippen LogP contribution in [-0.2, 0) is 7.05 Å². The summed E-state index contributed by atoms with van der Waals surface area (Å²) in [6, 6.07) is 16.1. The van der Waals surface area contributed by atoms with Crippen molar-refractivity contribution in [1.82, 2.24) is 25.1 Å². The van der Waals surface area contributed by atoms with E-state index in [1.807, 2.05) is 43.4 Å². The quantitative estimate of drug-likeness (QED) is 0.575. The van der Waals surface area contributed by atoms with Crippen molar-refractivity contribution in [2.45, 2.75) is 19.3 Å². The smallest absolute Gasteiger partial charge is 0.234 e. The molecule has 0 bridgehead atoms. The molecule has 0 saturated heterocycles. The molecule has 0 aliphatic rings. The van der Waals surface area contributed by atoms with E-state index in [-0.39, 0.29) is 5.92 Å². The summed E-state index contributed by atoms with van der Waals surface area (Å²) >= 11 is 0. The Balaban J connectivity index is 1.71. The van der Waals surface area contributed by atoms with Crippen LogP contribution >= 0.6 is 0 Å². The number of fused-ring (bicyclic) bond motifs is 1. The molecule has 1 atom stereocenters. The molecule has 0 aliphatic heterocycles. The zero-order chi connectivity index (χ0) is 16.5. The third kappa shape index (κ3) is 2.46. The summed E-state index contributed by atoms with van der Waals surface area (Å²) in [6.07, 6.45) is 0.899. The first-order valence-corrected chi connectivity index (χ1v) is 7.94.